The van der Waals surface area contributed by atoms with Gasteiger partial charge in [0.2, 0.25) is 11.8 Å². The molecular formula is C23H30N4O3. The zero-order valence-corrected chi connectivity index (χ0v) is 17.5. The number of nitrogens with one attached hydrogen (secondary N) is 2. The predicted molar refractivity (Wildman–Crippen MR) is 119 cm³/mol. The lowest BCUT2D eigenvalue weighted by Gasteiger charge is -2.23. The van der Waals surface area contributed by atoms with Crippen molar-refractivity contribution in [3.05, 3.63) is 58.5 Å². The molecule has 0 saturated carbocycles. The highest BCUT2D eigenvalue weighted by Crippen LogP contribution is 2.14. The Labute approximate surface area is 177 Å². The molecule has 3 rings (SSSR count). The number of rotatable bonds is 6. The van der Waals surface area contributed by atoms with E-state index in [2.05, 4.69) is 15.5 Å². The quantitative estimate of drug-likeness (QED) is 0.767. The first-order chi connectivity index (χ1) is 14.5. The molecule has 160 valence electrons. The molecule has 1 fully saturated rings. The summed E-state index contributed by atoms with van der Waals surface area (Å²) in [7, 11) is 0. The third-order valence-electron chi connectivity index (χ3n) is 5.23. The zero-order valence-electron chi connectivity index (χ0n) is 17.5. The van der Waals surface area contributed by atoms with Crippen LogP contribution in [0.5, 0.6) is 0 Å². The predicted octanol–water partition coefficient (Wildman–Crippen LogP) is 3.00. The monoisotopic (exact) mass is 410 g/mol. The molecule has 1 aromatic heterocycles. The summed E-state index contributed by atoms with van der Waals surface area (Å²) in [5.41, 5.74) is 1.96. The highest BCUT2D eigenvalue weighted by molar-refractivity contribution is 5.93. The average Bonchev–Trinajstić information content (AvgIpc) is 2.68. The smallest absolute Gasteiger partial charge is 0.251 e. The minimum Gasteiger partial charge on any atom is -0.325 e. The third kappa shape index (κ3) is 6.84. The standard InChI is InChI=1S/C23H30N4O3/c1-18-11-14-27(23(30)15-18)17-22(29)25-20-9-7-19(8-10-20)24-21(28)16-26-12-5-3-2-4-6-13-26/h7-11,14-15H,2-6,12-13,16-17H2,1H3,(H,24,28)(H,25,29). The number of hydrogen-bond acceptors (Lipinski definition) is 4. The van der Waals surface area contributed by atoms with E-state index in [1.165, 1.54) is 29.9 Å². The van der Waals surface area contributed by atoms with Crippen molar-refractivity contribution in [2.45, 2.75) is 45.6 Å². The van der Waals surface area contributed by atoms with Gasteiger partial charge in [-0.15, -0.1) is 0 Å². The number of hydrogen-bond donors (Lipinski definition) is 2. The zero-order chi connectivity index (χ0) is 21.3. The van der Waals surface area contributed by atoms with Gasteiger partial charge in [0, 0.05) is 23.6 Å². The number of anilines is 2. The molecule has 0 unspecified atom stereocenters. The molecule has 2 heterocycles. The molecule has 0 bridgehead atoms. The third-order valence-corrected chi connectivity index (χ3v) is 5.23. The topological polar surface area (TPSA) is 83.4 Å². The molecule has 7 heteroatoms. The number of carbonyl (C=O) groups excluding carboxylic acids is 2. The summed E-state index contributed by atoms with van der Waals surface area (Å²) in [5, 5.41) is 5.69. The molecule has 1 aliphatic heterocycles. The Balaban J connectivity index is 1.48. The Morgan fingerprint density at radius 2 is 1.37 bits per heavy atom. The first kappa shape index (κ1) is 21.8. The van der Waals surface area contributed by atoms with Gasteiger partial charge < -0.3 is 15.2 Å². The van der Waals surface area contributed by atoms with Crippen LogP contribution in [0.2, 0.25) is 0 Å². The van der Waals surface area contributed by atoms with E-state index in [9.17, 15) is 14.4 Å². The fourth-order valence-corrected chi connectivity index (χ4v) is 3.60. The second-order valence-corrected chi connectivity index (χ2v) is 7.89. The fraction of sp³-hybridized carbons (Fsp3) is 0.435. The van der Waals surface area contributed by atoms with Gasteiger partial charge in [0.15, 0.2) is 0 Å². The van der Waals surface area contributed by atoms with Crippen LogP contribution >= 0.6 is 0 Å². The molecule has 0 spiro atoms. The summed E-state index contributed by atoms with van der Waals surface area (Å²) < 4.78 is 1.36. The van der Waals surface area contributed by atoms with Gasteiger partial charge in [0.05, 0.1) is 6.54 Å². The summed E-state index contributed by atoms with van der Waals surface area (Å²) in [6, 6.07) is 10.3. The van der Waals surface area contributed by atoms with Gasteiger partial charge in [-0.2, -0.15) is 0 Å². The maximum Gasteiger partial charge on any atom is 0.251 e. The number of nitrogens with zero attached hydrogens (tertiary/aromatic N) is 2. The Kier molecular flexibility index (Phi) is 7.79. The lowest BCUT2D eigenvalue weighted by Crippen LogP contribution is -2.35. The van der Waals surface area contributed by atoms with Crippen molar-refractivity contribution < 1.29 is 9.59 Å². The second-order valence-electron chi connectivity index (χ2n) is 7.89. The van der Waals surface area contributed by atoms with Crippen LogP contribution in [0.25, 0.3) is 0 Å². The van der Waals surface area contributed by atoms with Crippen molar-refractivity contribution in [2.24, 2.45) is 0 Å². The normalized spacial score (nSPS) is 15.1. The maximum atomic E-state index is 12.3. The van der Waals surface area contributed by atoms with Gasteiger partial charge in [0.1, 0.15) is 6.54 Å². The van der Waals surface area contributed by atoms with E-state index in [1.807, 2.05) is 6.92 Å². The summed E-state index contributed by atoms with van der Waals surface area (Å²) >= 11 is 0. The van der Waals surface area contributed by atoms with Gasteiger partial charge in [-0.05, 0) is 68.8 Å². The SMILES string of the molecule is Cc1ccn(CC(=O)Nc2ccc(NC(=O)CN3CCCCCCC3)cc2)c(=O)c1. The molecule has 0 atom stereocenters. The number of pyridine rings is 1. The van der Waals surface area contributed by atoms with Crippen LogP contribution in [-0.4, -0.2) is 40.9 Å². The van der Waals surface area contributed by atoms with Crippen molar-refractivity contribution >= 4 is 23.2 Å². The van der Waals surface area contributed by atoms with Crippen LogP contribution in [-0.2, 0) is 16.1 Å². The molecule has 2 N–H and O–H groups in total. The van der Waals surface area contributed by atoms with Crippen LogP contribution in [0, 0.1) is 6.92 Å². The van der Waals surface area contributed by atoms with Crippen molar-refractivity contribution in [2.75, 3.05) is 30.3 Å². The molecule has 0 aliphatic carbocycles. The molecule has 1 saturated heterocycles. The first-order valence-electron chi connectivity index (χ1n) is 10.6. The fourth-order valence-electron chi connectivity index (χ4n) is 3.60. The van der Waals surface area contributed by atoms with E-state index < -0.39 is 0 Å². The van der Waals surface area contributed by atoms with Crippen molar-refractivity contribution in [1.82, 2.24) is 9.47 Å². The van der Waals surface area contributed by atoms with Gasteiger partial charge in [-0.3, -0.25) is 19.3 Å². The Bertz CT molecular complexity index is 913. The second kappa shape index (κ2) is 10.7. The van der Waals surface area contributed by atoms with E-state index in [4.69, 9.17) is 0 Å². The number of aryl methyl sites for hydroxylation is 1. The van der Waals surface area contributed by atoms with Crippen LogP contribution in [0.15, 0.2) is 47.4 Å². The van der Waals surface area contributed by atoms with Crippen LogP contribution in [0.4, 0.5) is 11.4 Å². The van der Waals surface area contributed by atoms with Crippen molar-refractivity contribution in [1.29, 1.82) is 0 Å². The summed E-state index contributed by atoms with van der Waals surface area (Å²) in [5.74, 6) is -0.305. The Hall–Kier alpha value is -2.93. The van der Waals surface area contributed by atoms with Gasteiger partial charge >= 0.3 is 0 Å². The van der Waals surface area contributed by atoms with Gasteiger partial charge in [0.25, 0.3) is 5.56 Å². The highest BCUT2D eigenvalue weighted by Gasteiger charge is 2.12. The summed E-state index contributed by atoms with van der Waals surface area (Å²) in [6.07, 6.45) is 7.69. The van der Waals surface area contributed by atoms with Crippen molar-refractivity contribution in [3.8, 4) is 0 Å². The molecule has 2 aromatic rings. The number of carbonyl (C=O) groups is 2. The molecular weight excluding hydrogens is 380 g/mol. The first-order valence-corrected chi connectivity index (χ1v) is 10.6. The number of likely N-dealkylation sites (tertiary alicyclic amines) is 1. The Morgan fingerprint density at radius 3 is 1.93 bits per heavy atom. The molecule has 2 amide bonds. The minimum atomic E-state index is -0.283. The van der Waals surface area contributed by atoms with Crippen LogP contribution < -0.4 is 16.2 Å². The number of benzene rings is 1. The Morgan fingerprint density at radius 1 is 0.833 bits per heavy atom. The lowest BCUT2D eigenvalue weighted by atomic mass is 10.1. The maximum absolute atomic E-state index is 12.3. The largest absolute Gasteiger partial charge is 0.325 e. The summed E-state index contributed by atoms with van der Waals surface area (Å²) in [6.45, 7) is 4.14. The molecule has 7 nitrogen and oxygen atoms in total. The molecule has 1 aliphatic rings. The van der Waals surface area contributed by atoms with Crippen molar-refractivity contribution in [3.63, 3.8) is 0 Å². The van der Waals surface area contributed by atoms with E-state index in [1.54, 1.807) is 36.5 Å². The summed E-state index contributed by atoms with van der Waals surface area (Å²) in [4.78, 5) is 38.7. The van der Waals surface area contributed by atoms with Gasteiger partial charge in [-0.25, -0.2) is 0 Å². The van der Waals surface area contributed by atoms with E-state index in [0.29, 0.717) is 17.9 Å². The van der Waals surface area contributed by atoms with E-state index in [-0.39, 0.29) is 23.9 Å². The number of amides is 2. The van der Waals surface area contributed by atoms with E-state index >= 15 is 0 Å². The van der Waals surface area contributed by atoms with Crippen LogP contribution in [0.1, 0.15) is 37.7 Å². The average molecular weight is 411 g/mol. The minimum absolute atomic E-state index is 0.0221. The van der Waals surface area contributed by atoms with E-state index in [0.717, 1.165) is 31.5 Å². The molecule has 30 heavy (non-hydrogen) atoms. The molecule has 1 aromatic carbocycles. The van der Waals surface area contributed by atoms with Gasteiger partial charge in [-0.1, -0.05) is 19.3 Å². The lowest BCUT2D eigenvalue weighted by molar-refractivity contribution is -0.118. The van der Waals surface area contributed by atoms with Crippen LogP contribution in [0.3, 0.4) is 0 Å². The number of aromatic nitrogens is 1. The highest BCUT2D eigenvalue weighted by atomic mass is 16.2. The molecule has 0 radical (unpaired) electrons.